The lowest BCUT2D eigenvalue weighted by atomic mass is 10.3. The van der Waals surface area contributed by atoms with Crippen molar-refractivity contribution >= 4 is 11.9 Å². The Balaban J connectivity index is 2.61. The van der Waals surface area contributed by atoms with Gasteiger partial charge in [-0.2, -0.15) is 0 Å². The second kappa shape index (κ2) is 3.51. The lowest BCUT2D eigenvalue weighted by Crippen LogP contribution is -2.22. The van der Waals surface area contributed by atoms with E-state index in [1.807, 2.05) is 6.92 Å². The maximum absolute atomic E-state index is 11.7. The van der Waals surface area contributed by atoms with Crippen LogP contribution in [0.25, 0.3) is 0 Å². The van der Waals surface area contributed by atoms with E-state index in [1.165, 1.54) is 4.57 Å². The van der Waals surface area contributed by atoms with E-state index in [0.717, 1.165) is 7.11 Å². The van der Waals surface area contributed by atoms with Crippen LogP contribution >= 0.6 is 0 Å². The third kappa shape index (κ3) is 1.40. The Labute approximate surface area is 90.7 Å². The summed E-state index contributed by atoms with van der Waals surface area (Å²) < 4.78 is 5.71. The van der Waals surface area contributed by atoms with E-state index < -0.39 is 17.3 Å². The van der Waals surface area contributed by atoms with E-state index >= 15 is 0 Å². The maximum atomic E-state index is 11.7. The van der Waals surface area contributed by atoms with Gasteiger partial charge in [-0.1, -0.05) is 0 Å². The summed E-state index contributed by atoms with van der Waals surface area (Å²) in [6.07, 6.45) is 0. The van der Waals surface area contributed by atoms with Gasteiger partial charge in [0.15, 0.2) is 5.69 Å². The van der Waals surface area contributed by atoms with Crippen molar-refractivity contribution in [2.75, 3.05) is 12.4 Å². The van der Waals surface area contributed by atoms with E-state index in [9.17, 15) is 14.7 Å². The van der Waals surface area contributed by atoms with Crippen LogP contribution in [0.3, 0.4) is 0 Å². The molecule has 0 spiro atoms. The fourth-order valence-corrected chi connectivity index (χ4v) is 1.60. The molecule has 16 heavy (non-hydrogen) atoms. The number of ether oxygens (including phenoxy) is 1. The molecule has 1 atom stereocenters. The largest absolute Gasteiger partial charge is 0.501 e. The molecule has 0 saturated heterocycles. The first-order valence-electron chi connectivity index (χ1n) is 4.73. The summed E-state index contributed by atoms with van der Waals surface area (Å²) in [6.45, 7) is 2.28. The normalized spacial score (nSPS) is 17.8. The first kappa shape index (κ1) is 10.5. The fraction of sp³-hybridized carbons (Fsp3) is 0.444. The van der Waals surface area contributed by atoms with Crippen molar-refractivity contribution in [3.63, 3.8) is 0 Å². The molecule has 1 unspecified atom stereocenters. The maximum Gasteiger partial charge on any atom is 0.360 e. The molecule has 0 radical (unpaired) electrons. The minimum absolute atomic E-state index is 0.0347. The molecule has 1 aromatic heterocycles. The molecule has 0 fully saturated rings. The van der Waals surface area contributed by atoms with Crippen molar-refractivity contribution in [3.05, 3.63) is 16.0 Å². The number of nitrogens with zero attached hydrogens (tertiary/aromatic N) is 2. The van der Waals surface area contributed by atoms with Gasteiger partial charge in [-0.05, 0) is 6.92 Å². The van der Waals surface area contributed by atoms with Crippen molar-refractivity contribution in [1.82, 2.24) is 9.55 Å². The molecule has 0 amide bonds. The van der Waals surface area contributed by atoms with Gasteiger partial charge in [0.2, 0.25) is 11.7 Å². The van der Waals surface area contributed by atoms with E-state index in [2.05, 4.69) is 15.0 Å². The van der Waals surface area contributed by atoms with Crippen LogP contribution in [0.2, 0.25) is 0 Å². The highest BCUT2D eigenvalue weighted by molar-refractivity contribution is 5.90. The number of anilines is 1. The standard InChI is InChI=1S/C9H11N3O4/c1-4-3-12-7(14)6(13)5(8(15)16-2)11-9(12)10-4/h4,13H,3H2,1-2H3,(H,10,11). The lowest BCUT2D eigenvalue weighted by molar-refractivity contribution is 0.0590. The molecule has 2 N–H and O–H groups in total. The van der Waals surface area contributed by atoms with Gasteiger partial charge in [-0.15, -0.1) is 0 Å². The topological polar surface area (TPSA) is 93.5 Å². The fourth-order valence-electron chi connectivity index (χ4n) is 1.60. The molecular weight excluding hydrogens is 214 g/mol. The number of carbonyl (C=O) groups is 1. The first-order valence-corrected chi connectivity index (χ1v) is 4.73. The number of aromatic hydroxyl groups is 1. The van der Waals surface area contributed by atoms with Gasteiger partial charge >= 0.3 is 5.97 Å². The number of hydrogen-bond donors (Lipinski definition) is 2. The van der Waals surface area contributed by atoms with E-state index in [1.54, 1.807) is 0 Å². The Morgan fingerprint density at radius 1 is 1.69 bits per heavy atom. The van der Waals surface area contributed by atoms with Crippen LogP contribution in [0.5, 0.6) is 5.75 Å². The summed E-state index contributed by atoms with van der Waals surface area (Å²) in [5.41, 5.74) is -0.998. The van der Waals surface area contributed by atoms with Crippen molar-refractivity contribution in [1.29, 1.82) is 0 Å². The zero-order valence-electron chi connectivity index (χ0n) is 8.85. The highest BCUT2D eigenvalue weighted by atomic mass is 16.5. The highest BCUT2D eigenvalue weighted by Gasteiger charge is 2.26. The van der Waals surface area contributed by atoms with Gasteiger partial charge in [0.05, 0.1) is 7.11 Å². The zero-order valence-corrected chi connectivity index (χ0v) is 8.85. The molecule has 1 aliphatic heterocycles. The zero-order chi connectivity index (χ0) is 11.9. The average molecular weight is 225 g/mol. The molecule has 1 aromatic rings. The van der Waals surface area contributed by atoms with E-state index in [0.29, 0.717) is 6.54 Å². The Morgan fingerprint density at radius 3 is 3.00 bits per heavy atom. The minimum Gasteiger partial charge on any atom is -0.501 e. The third-order valence-corrected chi connectivity index (χ3v) is 2.36. The van der Waals surface area contributed by atoms with Gasteiger partial charge in [0.25, 0.3) is 5.56 Å². The molecule has 0 aliphatic carbocycles. The molecule has 7 heteroatoms. The van der Waals surface area contributed by atoms with Crippen LogP contribution in [0.15, 0.2) is 4.79 Å². The number of rotatable bonds is 1. The molecular formula is C9H11N3O4. The predicted molar refractivity (Wildman–Crippen MR) is 54.6 cm³/mol. The molecule has 2 rings (SSSR count). The summed E-state index contributed by atoms with van der Waals surface area (Å²) in [4.78, 5) is 26.8. The molecule has 0 saturated carbocycles. The second-order valence-corrected chi connectivity index (χ2v) is 3.59. The van der Waals surface area contributed by atoms with E-state index in [-0.39, 0.29) is 17.7 Å². The summed E-state index contributed by atoms with van der Waals surface area (Å²) in [5.74, 6) is -1.23. The summed E-state index contributed by atoms with van der Waals surface area (Å²) in [5, 5.41) is 12.4. The van der Waals surface area contributed by atoms with Gasteiger partial charge in [-0.3, -0.25) is 9.36 Å². The third-order valence-electron chi connectivity index (χ3n) is 2.36. The lowest BCUT2D eigenvalue weighted by Gasteiger charge is -2.05. The van der Waals surface area contributed by atoms with Gasteiger partial charge in [-0.25, -0.2) is 9.78 Å². The van der Waals surface area contributed by atoms with Gasteiger partial charge in [0.1, 0.15) is 0 Å². The Hall–Kier alpha value is -2.05. The monoisotopic (exact) mass is 225 g/mol. The van der Waals surface area contributed by atoms with Crippen LogP contribution in [-0.2, 0) is 11.3 Å². The van der Waals surface area contributed by atoms with Crippen LogP contribution in [0, 0.1) is 0 Å². The highest BCUT2D eigenvalue weighted by Crippen LogP contribution is 2.18. The van der Waals surface area contributed by atoms with Crippen molar-refractivity contribution in [3.8, 4) is 5.75 Å². The number of hydrogen-bond acceptors (Lipinski definition) is 6. The minimum atomic E-state index is -0.834. The van der Waals surface area contributed by atoms with Gasteiger partial charge in [0, 0.05) is 12.6 Å². The molecule has 86 valence electrons. The molecule has 0 bridgehead atoms. The number of carbonyl (C=O) groups excluding carboxylic acids is 1. The van der Waals surface area contributed by atoms with E-state index in [4.69, 9.17) is 0 Å². The SMILES string of the molecule is COC(=O)c1nc2n(c(=O)c1O)CC(C)N2. The van der Waals surface area contributed by atoms with Crippen molar-refractivity contribution in [2.45, 2.75) is 19.5 Å². The Kier molecular flexibility index (Phi) is 2.30. The molecule has 7 nitrogen and oxygen atoms in total. The Morgan fingerprint density at radius 2 is 2.38 bits per heavy atom. The molecule has 1 aliphatic rings. The Bertz CT molecular complexity index is 508. The molecule has 0 aromatic carbocycles. The average Bonchev–Trinajstić information content (AvgIpc) is 2.63. The first-order chi connectivity index (χ1) is 7.54. The second-order valence-electron chi connectivity index (χ2n) is 3.59. The van der Waals surface area contributed by atoms with Crippen molar-refractivity contribution < 1.29 is 14.6 Å². The number of aromatic nitrogens is 2. The molecule has 2 heterocycles. The van der Waals surface area contributed by atoms with Crippen LogP contribution in [-0.4, -0.2) is 33.8 Å². The van der Waals surface area contributed by atoms with Crippen LogP contribution < -0.4 is 10.9 Å². The van der Waals surface area contributed by atoms with Crippen LogP contribution in [0.4, 0.5) is 5.95 Å². The quantitative estimate of drug-likeness (QED) is 0.629. The summed E-state index contributed by atoms with van der Waals surface area (Å²) in [6, 6.07) is 0.0347. The summed E-state index contributed by atoms with van der Waals surface area (Å²) >= 11 is 0. The summed E-state index contributed by atoms with van der Waals surface area (Å²) in [7, 11) is 1.16. The number of fused-ring (bicyclic) bond motifs is 1. The van der Waals surface area contributed by atoms with Crippen LogP contribution in [0.1, 0.15) is 17.4 Å². The van der Waals surface area contributed by atoms with Crippen molar-refractivity contribution in [2.24, 2.45) is 0 Å². The van der Waals surface area contributed by atoms with Gasteiger partial charge < -0.3 is 15.2 Å². The number of methoxy groups -OCH3 is 1. The number of nitrogens with one attached hydrogen (secondary N) is 1. The predicted octanol–water partition coefficient (Wildman–Crippen LogP) is -0.451. The smallest absolute Gasteiger partial charge is 0.360 e. The number of esters is 1.